The van der Waals surface area contributed by atoms with Gasteiger partial charge in [0, 0.05) is 18.9 Å². The minimum atomic E-state index is -0.223. The number of hydrogen-bond acceptors (Lipinski definition) is 4. The van der Waals surface area contributed by atoms with Crippen LogP contribution in [-0.4, -0.2) is 11.9 Å². The van der Waals surface area contributed by atoms with E-state index in [4.69, 9.17) is 9.47 Å². The van der Waals surface area contributed by atoms with E-state index in [0.717, 1.165) is 51.4 Å². The van der Waals surface area contributed by atoms with Crippen LogP contribution in [0.15, 0.2) is 42.6 Å². The second-order valence-electron chi connectivity index (χ2n) is 13.7. The van der Waals surface area contributed by atoms with Crippen molar-refractivity contribution in [2.75, 3.05) is 0 Å². The largest absolute Gasteiger partial charge is 1.00 e. The van der Waals surface area contributed by atoms with Gasteiger partial charge in [-0.15, -0.1) is 0 Å². The Morgan fingerprint density at radius 2 is 0.959 bits per heavy atom. The number of aryl methyl sites for hydroxylation is 1. The van der Waals surface area contributed by atoms with Gasteiger partial charge in [-0.25, -0.2) is 0 Å². The molecule has 0 aliphatic heterocycles. The maximum Gasteiger partial charge on any atom is 0.311 e. The van der Waals surface area contributed by atoms with Gasteiger partial charge < -0.3 is 21.9 Å². The van der Waals surface area contributed by atoms with E-state index in [1.165, 1.54) is 116 Å². The van der Waals surface area contributed by atoms with Crippen molar-refractivity contribution in [3.8, 4) is 5.75 Å². The molecule has 0 saturated carbocycles. The Balaban J connectivity index is 0.0000230. The highest BCUT2D eigenvalue weighted by Crippen LogP contribution is 2.18. The molecule has 1 heterocycles. The zero-order valence-corrected chi connectivity index (χ0v) is 32.8. The fourth-order valence-electron chi connectivity index (χ4n) is 5.96. The van der Waals surface area contributed by atoms with E-state index in [2.05, 4.69) is 38.2 Å². The number of nitrogens with zero attached hydrogens (tertiary/aromatic N) is 1. The molecule has 0 bridgehead atoms. The first-order valence-electron chi connectivity index (χ1n) is 20.2. The fourth-order valence-corrected chi connectivity index (χ4v) is 5.96. The van der Waals surface area contributed by atoms with Crippen LogP contribution < -0.4 is 21.7 Å². The molecule has 1 rings (SSSR count). The SMILES string of the molecule is CCCCCCCC/C=C/CCCCCCCC(=O)OCc1c(OC(=O)CCCCCCC/C=C/CCCCCCCC)ccc[n+]1C.[Cl-]. The molecule has 0 aromatic carbocycles. The third-order valence-electron chi connectivity index (χ3n) is 9.15. The maximum atomic E-state index is 12.6. The smallest absolute Gasteiger partial charge is 0.311 e. The summed E-state index contributed by atoms with van der Waals surface area (Å²) in [5.74, 6) is 0.0633. The van der Waals surface area contributed by atoms with Crippen molar-refractivity contribution in [1.29, 1.82) is 0 Å². The number of esters is 2. The molecule has 0 unspecified atom stereocenters. The van der Waals surface area contributed by atoms with E-state index in [1.54, 1.807) is 6.07 Å². The second-order valence-corrected chi connectivity index (χ2v) is 13.7. The quantitative estimate of drug-likeness (QED) is 0.0317. The molecular formula is C43H74ClNO4. The summed E-state index contributed by atoms with van der Waals surface area (Å²) in [6.45, 7) is 4.64. The standard InChI is InChI=1S/C43H74NO4.ClH/c1-4-6-8-10-12-14-16-18-20-22-24-26-28-30-32-36-42(45)47-39-40-41(35-34-38-44(40)3)48-43(46)37-33-31-29-27-25-23-21-19-17-15-13-11-9-7-5-2;/h18-21,34-35,38H,4-17,22-33,36-37,39H2,1-3H3;1H/q+1;/p-1/b20-18+,21-19+;. The van der Waals surface area contributed by atoms with Gasteiger partial charge >= 0.3 is 11.9 Å². The number of halogens is 1. The highest BCUT2D eigenvalue weighted by atomic mass is 35.5. The number of pyridine rings is 1. The number of hydrogen-bond donors (Lipinski definition) is 0. The van der Waals surface area contributed by atoms with Gasteiger partial charge in [-0.3, -0.25) is 9.59 Å². The summed E-state index contributed by atoms with van der Waals surface area (Å²) >= 11 is 0. The van der Waals surface area contributed by atoms with E-state index in [0.29, 0.717) is 24.3 Å². The summed E-state index contributed by atoms with van der Waals surface area (Å²) < 4.78 is 13.1. The lowest BCUT2D eigenvalue weighted by Gasteiger charge is -2.09. The Hall–Kier alpha value is -2.14. The van der Waals surface area contributed by atoms with Gasteiger partial charge in [0.2, 0.25) is 5.75 Å². The molecule has 1 aromatic heterocycles. The predicted molar refractivity (Wildman–Crippen MR) is 202 cm³/mol. The van der Waals surface area contributed by atoms with E-state index in [1.807, 2.05) is 23.9 Å². The number of ether oxygens (including phenoxy) is 2. The van der Waals surface area contributed by atoms with E-state index in [9.17, 15) is 9.59 Å². The van der Waals surface area contributed by atoms with Crippen molar-refractivity contribution in [3.63, 3.8) is 0 Å². The first-order chi connectivity index (χ1) is 23.6. The van der Waals surface area contributed by atoms with Crippen LogP contribution in [0.3, 0.4) is 0 Å². The number of carbonyl (C=O) groups excluding carboxylic acids is 2. The molecule has 282 valence electrons. The van der Waals surface area contributed by atoms with Crippen LogP contribution in [0.2, 0.25) is 0 Å². The Morgan fingerprint density at radius 3 is 1.41 bits per heavy atom. The van der Waals surface area contributed by atoms with Gasteiger partial charge in [0.15, 0.2) is 12.8 Å². The molecule has 0 saturated heterocycles. The van der Waals surface area contributed by atoms with E-state index >= 15 is 0 Å². The number of allylic oxidation sites excluding steroid dienone is 4. The van der Waals surface area contributed by atoms with Gasteiger partial charge in [0.1, 0.15) is 7.05 Å². The second kappa shape index (κ2) is 35.7. The molecule has 0 radical (unpaired) electrons. The zero-order chi connectivity index (χ0) is 34.8. The van der Waals surface area contributed by atoms with Crippen LogP contribution in [-0.2, 0) is 28.0 Å². The van der Waals surface area contributed by atoms with Crippen molar-refractivity contribution in [2.24, 2.45) is 7.05 Å². The van der Waals surface area contributed by atoms with Gasteiger partial charge in [-0.1, -0.05) is 141 Å². The molecular weight excluding hydrogens is 630 g/mol. The van der Waals surface area contributed by atoms with Crippen molar-refractivity contribution in [2.45, 2.75) is 200 Å². The summed E-state index contributed by atoms with van der Waals surface area (Å²) in [5.41, 5.74) is 0.702. The first kappa shape index (κ1) is 46.9. The normalized spacial score (nSPS) is 11.3. The zero-order valence-electron chi connectivity index (χ0n) is 32.0. The molecule has 5 nitrogen and oxygen atoms in total. The van der Waals surface area contributed by atoms with Gasteiger partial charge in [0.05, 0.1) is 0 Å². The lowest BCUT2D eigenvalue weighted by molar-refractivity contribution is -0.681. The average Bonchev–Trinajstić information content (AvgIpc) is 3.08. The van der Waals surface area contributed by atoms with Crippen molar-refractivity contribution in [1.82, 2.24) is 0 Å². The molecule has 0 aliphatic carbocycles. The van der Waals surface area contributed by atoms with Gasteiger partial charge in [-0.2, -0.15) is 4.57 Å². The van der Waals surface area contributed by atoms with Crippen LogP contribution in [0.4, 0.5) is 0 Å². The summed E-state index contributed by atoms with van der Waals surface area (Å²) in [6.07, 6.45) is 44.1. The number of unbranched alkanes of at least 4 members (excludes halogenated alkanes) is 22. The van der Waals surface area contributed by atoms with E-state index < -0.39 is 0 Å². The summed E-state index contributed by atoms with van der Waals surface area (Å²) in [5, 5.41) is 0. The molecule has 0 N–H and O–H groups in total. The lowest BCUT2D eigenvalue weighted by atomic mass is 10.1. The van der Waals surface area contributed by atoms with Gasteiger partial charge in [-0.05, 0) is 70.3 Å². The van der Waals surface area contributed by atoms with Crippen LogP contribution >= 0.6 is 0 Å². The van der Waals surface area contributed by atoms with Crippen molar-refractivity contribution < 1.29 is 36.0 Å². The molecule has 0 amide bonds. The molecule has 0 atom stereocenters. The van der Waals surface area contributed by atoms with Crippen LogP contribution in [0.5, 0.6) is 5.75 Å². The molecule has 1 aromatic rings. The predicted octanol–water partition coefficient (Wildman–Crippen LogP) is 9.54. The molecule has 6 heteroatoms. The Morgan fingerprint density at radius 1 is 0.571 bits per heavy atom. The van der Waals surface area contributed by atoms with Crippen LogP contribution in [0, 0.1) is 0 Å². The number of aromatic nitrogens is 1. The number of rotatable bonds is 33. The Bertz CT molecular complexity index is 977. The summed E-state index contributed by atoms with van der Waals surface area (Å²) in [6, 6.07) is 3.63. The highest BCUT2D eigenvalue weighted by Gasteiger charge is 2.19. The molecule has 49 heavy (non-hydrogen) atoms. The summed E-state index contributed by atoms with van der Waals surface area (Å²) in [4.78, 5) is 25.0. The Kier molecular flexibility index (Phi) is 34.1. The fraction of sp³-hybridized carbons (Fsp3) is 0.744. The minimum absolute atomic E-state index is 0. The maximum absolute atomic E-state index is 12.6. The average molecular weight is 705 g/mol. The lowest BCUT2D eigenvalue weighted by Crippen LogP contribution is -3.00. The topological polar surface area (TPSA) is 56.5 Å². The molecule has 0 fully saturated rings. The third kappa shape index (κ3) is 29.3. The summed E-state index contributed by atoms with van der Waals surface area (Å²) in [7, 11) is 1.88. The van der Waals surface area contributed by atoms with Crippen molar-refractivity contribution >= 4 is 11.9 Å². The minimum Gasteiger partial charge on any atom is -1.00 e. The van der Waals surface area contributed by atoms with E-state index in [-0.39, 0.29) is 31.0 Å². The third-order valence-corrected chi connectivity index (χ3v) is 9.15. The first-order valence-corrected chi connectivity index (χ1v) is 20.2. The monoisotopic (exact) mass is 704 g/mol. The van der Waals surface area contributed by atoms with Crippen LogP contribution in [0.1, 0.15) is 199 Å². The van der Waals surface area contributed by atoms with Crippen LogP contribution in [0.25, 0.3) is 0 Å². The van der Waals surface area contributed by atoms with Gasteiger partial charge in [0.25, 0.3) is 5.69 Å². The number of carbonyl (C=O) groups is 2. The Labute approximate surface area is 308 Å². The molecule has 0 aliphatic rings. The van der Waals surface area contributed by atoms with Crippen molar-refractivity contribution in [3.05, 3.63) is 48.3 Å². The highest BCUT2D eigenvalue weighted by molar-refractivity contribution is 5.72. The molecule has 0 spiro atoms.